The lowest BCUT2D eigenvalue weighted by Crippen LogP contribution is -2.40. The average molecular weight is 286 g/mol. The van der Waals surface area contributed by atoms with E-state index in [2.05, 4.69) is 15.9 Å². The summed E-state index contributed by atoms with van der Waals surface area (Å²) in [5, 5.41) is 0.966. The minimum absolute atomic E-state index is 0.0266. The Bertz CT molecular complexity index is 375. The van der Waals surface area contributed by atoms with Crippen molar-refractivity contribution in [1.82, 2.24) is 4.90 Å². The number of amides is 1. The molecule has 0 saturated carbocycles. The molecule has 1 aromatic rings. The molecule has 1 aromatic heterocycles. The number of carbonyl (C=O) groups excluding carboxylic acids is 1. The zero-order chi connectivity index (χ0) is 11.5. The quantitative estimate of drug-likeness (QED) is 0.783. The molecule has 1 aliphatic rings. The molecule has 1 aliphatic heterocycles. The van der Waals surface area contributed by atoms with Crippen LogP contribution in [0.2, 0.25) is 0 Å². The lowest BCUT2D eigenvalue weighted by Gasteiger charge is -2.31. The first kappa shape index (κ1) is 11.7. The number of likely N-dealkylation sites (tertiary alicyclic amines) is 1. The number of aryl methyl sites for hydroxylation is 1. The highest BCUT2D eigenvalue weighted by Gasteiger charge is 2.25. The molecular formula is C12H16BrNO2. The number of nitrogens with zero attached hydrogens (tertiary/aromatic N) is 1. The van der Waals surface area contributed by atoms with Crippen LogP contribution >= 0.6 is 15.9 Å². The molecular weight excluding hydrogens is 270 g/mol. The summed E-state index contributed by atoms with van der Waals surface area (Å²) < 4.78 is 5.36. The second kappa shape index (κ2) is 5.04. The molecule has 0 radical (unpaired) electrons. The van der Waals surface area contributed by atoms with Gasteiger partial charge in [-0.15, -0.1) is 0 Å². The predicted molar refractivity (Wildman–Crippen MR) is 65.9 cm³/mol. The van der Waals surface area contributed by atoms with Gasteiger partial charge in [-0.1, -0.05) is 15.9 Å². The molecule has 88 valence electrons. The number of hydrogen-bond donors (Lipinski definition) is 0. The Hall–Kier alpha value is -0.770. The van der Waals surface area contributed by atoms with Crippen LogP contribution in [0.25, 0.3) is 0 Å². The molecule has 4 heteroatoms. The van der Waals surface area contributed by atoms with Crippen LogP contribution in [0, 0.1) is 12.8 Å². The first-order chi connectivity index (χ1) is 7.70. The number of rotatable bonds is 2. The summed E-state index contributed by atoms with van der Waals surface area (Å²) in [4.78, 5) is 14.0. The summed E-state index contributed by atoms with van der Waals surface area (Å²) in [5.74, 6) is 1.86. The number of hydrogen-bond acceptors (Lipinski definition) is 2. The SMILES string of the molecule is Cc1ccc(C(=O)N2CCCC(CBr)C2)o1. The molecule has 0 spiro atoms. The summed E-state index contributed by atoms with van der Waals surface area (Å²) in [5.41, 5.74) is 0. The minimum Gasteiger partial charge on any atom is -0.456 e. The van der Waals surface area contributed by atoms with E-state index in [9.17, 15) is 4.79 Å². The molecule has 1 saturated heterocycles. The Morgan fingerprint density at radius 2 is 2.44 bits per heavy atom. The molecule has 0 bridgehead atoms. The van der Waals surface area contributed by atoms with Crippen molar-refractivity contribution in [2.75, 3.05) is 18.4 Å². The summed E-state index contributed by atoms with van der Waals surface area (Å²) in [6.07, 6.45) is 2.29. The van der Waals surface area contributed by atoms with Crippen LogP contribution in [0.15, 0.2) is 16.5 Å². The van der Waals surface area contributed by atoms with Crippen LogP contribution in [-0.4, -0.2) is 29.2 Å². The van der Waals surface area contributed by atoms with E-state index in [1.807, 2.05) is 17.9 Å². The Labute approximate surface area is 104 Å². The van der Waals surface area contributed by atoms with Gasteiger partial charge >= 0.3 is 0 Å². The minimum atomic E-state index is 0.0266. The van der Waals surface area contributed by atoms with E-state index in [0.717, 1.165) is 30.6 Å². The van der Waals surface area contributed by atoms with Crippen LogP contribution < -0.4 is 0 Å². The van der Waals surface area contributed by atoms with Crippen LogP contribution in [0.1, 0.15) is 29.2 Å². The highest BCUT2D eigenvalue weighted by molar-refractivity contribution is 9.09. The van der Waals surface area contributed by atoms with Crippen molar-refractivity contribution in [2.45, 2.75) is 19.8 Å². The highest BCUT2D eigenvalue weighted by atomic mass is 79.9. The zero-order valence-electron chi connectivity index (χ0n) is 9.41. The van der Waals surface area contributed by atoms with E-state index >= 15 is 0 Å². The van der Waals surface area contributed by atoms with Gasteiger partial charge in [0, 0.05) is 18.4 Å². The molecule has 1 unspecified atom stereocenters. The summed E-state index contributed by atoms with van der Waals surface area (Å²) in [6, 6.07) is 3.59. The molecule has 2 rings (SSSR count). The van der Waals surface area contributed by atoms with Gasteiger partial charge in [0.05, 0.1) is 0 Å². The van der Waals surface area contributed by atoms with Crippen LogP contribution in [0.3, 0.4) is 0 Å². The highest BCUT2D eigenvalue weighted by Crippen LogP contribution is 2.20. The number of furan rings is 1. The number of halogens is 1. The maximum absolute atomic E-state index is 12.1. The fourth-order valence-corrected chi connectivity index (χ4v) is 2.61. The second-order valence-corrected chi connectivity index (χ2v) is 4.97. The third kappa shape index (κ3) is 2.48. The van der Waals surface area contributed by atoms with Crippen molar-refractivity contribution in [3.05, 3.63) is 23.7 Å². The van der Waals surface area contributed by atoms with E-state index in [-0.39, 0.29) is 5.91 Å². The summed E-state index contributed by atoms with van der Waals surface area (Å²) >= 11 is 3.49. The Balaban J connectivity index is 2.04. The molecule has 0 aromatic carbocycles. The lowest BCUT2D eigenvalue weighted by molar-refractivity contribution is 0.0652. The molecule has 1 fully saturated rings. The Morgan fingerprint density at radius 3 is 3.06 bits per heavy atom. The second-order valence-electron chi connectivity index (χ2n) is 4.32. The first-order valence-electron chi connectivity index (χ1n) is 5.62. The van der Waals surface area contributed by atoms with Crippen molar-refractivity contribution >= 4 is 21.8 Å². The number of alkyl halides is 1. The van der Waals surface area contributed by atoms with Gasteiger partial charge in [0.2, 0.25) is 0 Å². The Morgan fingerprint density at radius 1 is 1.62 bits per heavy atom. The topological polar surface area (TPSA) is 33.5 Å². The Kier molecular flexibility index (Phi) is 3.69. The van der Waals surface area contributed by atoms with Gasteiger partial charge in [0.15, 0.2) is 5.76 Å². The van der Waals surface area contributed by atoms with Crippen molar-refractivity contribution in [2.24, 2.45) is 5.92 Å². The van der Waals surface area contributed by atoms with E-state index < -0.39 is 0 Å². The molecule has 16 heavy (non-hydrogen) atoms. The molecule has 1 amide bonds. The fourth-order valence-electron chi connectivity index (χ4n) is 2.08. The molecule has 3 nitrogen and oxygen atoms in total. The van der Waals surface area contributed by atoms with E-state index in [4.69, 9.17) is 4.42 Å². The van der Waals surface area contributed by atoms with Crippen molar-refractivity contribution in [3.8, 4) is 0 Å². The third-order valence-corrected chi connectivity index (χ3v) is 3.89. The smallest absolute Gasteiger partial charge is 0.289 e. The summed E-state index contributed by atoms with van der Waals surface area (Å²) in [6.45, 7) is 3.54. The zero-order valence-corrected chi connectivity index (χ0v) is 11.0. The van der Waals surface area contributed by atoms with Gasteiger partial charge < -0.3 is 9.32 Å². The largest absolute Gasteiger partial charge is 0.456 e. The van der Waals surface area contributed by atoms with Gasteiger partial charge in [-0.05, 0) is 37.8 Å². The van der Waals surface area contributed by atoms with Crippen molar-refractivity contribution < 1.29 is 9.21 Å². The maximum atomic E-state index is 12.1. The predicted octanol–water partition coefficient (Wildman–Crippen LogP) is 2.84. The van der Waals surface area contributed by atoms with E-state index in [0.29, 0.717) is 11.7 Å². The molecule has 1 atom stereocenters. The van der Waals surface area contributed by atoms with Gasteiger partial charge in [-0.25, -0.2) is 0 Å². The maximum Gasteiger partial charge on any atom is 0.289 e. The standard InChI is InChI=1S/C12H16BrNO2/c1-9-4-5-11(16-9)12(15)14-6-2-3-10(7-13)8-14/h4-5,10H,2-3,6-8H2,1H3. The van der Waals surface area contributed by atoms with Crippen molar-refractivity contribution in [1.29, 1.82) is 0 Å². The van der Waals surface area contributed by atoms with Crippen molar-refractivity contribution in [3.63, 3.8) is 0 Å². The van der Waals surface area contributed by atoms with E-state index in [1.54, 1.807) is 6.07 Å². The van der Waals surface area contributed by atoms with Gasteiger partial charge in [0.25, 0.3) is 5.91 Å². The lowest BCUT2D eigenvalue weighted by atomic mass is 10.00. The average Bonchev–Trinajstić information content (AvgIpc) is 2.75. The molecule has 2 heterocycles. The fraction of sp³-hybridized carbons (Fsp3) is 0.583. The monoisotopic (exact) mass is 285 g/mol. The number of carbonyl (C=O) groups is 1. The third-order valence-electron chi connectivity index (χ3n) is 2.98. The normalized spacial score (nSPS) is 21.1. The first-order valence-corrected chi connectivity index (χ1v) is 6.74. The van der Waals surface area contributed by atoms with Crippen LogP contribution in [0.4, 0.5) is 0 Å². The van der Waals surface area contributed by atoms with Gasteiger partial charge in [-0.2, -0.15) is 0 Å². The molecule has 0 aliphatic carbocycles. The van der Waals surface area contributed by atoms with E-state index in [1.165, 1.54) is 6.42 Å². The number of piperidine rings is 1. The molecule has 0 N–H and O–H groups in total. The van der Waals surface area contributed by atoms with Crippen LogP contribution in [0.5, 0.6) is 0 Å². The van der Waals surface area contributed by atoms with Crippen LogP contribution in [-0.2, 0) is 0 Å². The van der Waals surface area contributed by atoms with Gasteiger partial charge in [-0.3, -0.25) is 4.79 Å². The summed E-state index contributed by atoms with van der Waals surface area (Å²) in [7, 11) is 0. The van der Waals surface area contributed by atoms with Gasteiger partial charge in [0.1, 0.15) is 5.76 Å².